The smallest absolute Gasteiger partial charge is 0.335 e. The van der Waals surface area contributed by atoms with E-state index in [1.807, 2.05) is 6.07 Å². The Bertz CT molecular complexity index is 545. The van der Waals surface area contributed by atoms with Gasteiger partial charge in [0.15, 0.2) is 5.54 Å². The molecule has 0 saturated carbocycles. The zero-order valence-corrected chi connectivity index (χ0v) is 10.3. The summed E-state index contributed by atoms with van der Waals surface area (Å²) in [7, 11) is 0. The van der Waals surface area contributed by atoms with E-state index in [1.165, 1.54) is 38.1 Å². The van der Waals surface area contributed by atoms with Crippen LogP contribution in [0.1, 0.15) is 19.4 Å². The van der Waals surface area contributed by atoms with E-state index < -0.39 is 11.5 Å². The van der Waals surface area contributed by atoms with Crippen molar-refractivity contribution >= 4 is 11.7 Å². The first-order valence-corrected chi connectivity index (χ1v) is 5.19. The quantitative estimate of drug-likeness (QED) is 0.499. The number of aliphatic carboxylic acids is 1. The van der Waals surface area contributed by atoms with Crippen LogP contribution >= 0.6 is 0 Å². The molecule has 0 aliphatic heterocycles. The number of carboxylic acids is 1. The molecule has 0 heterocycles. The van der Waals surface area contributed by atoms with Gasteiger partial charge in [0.25, 0.3) is 0 Å². The third-order valence-electron chi connectivity index (χ3n) is 2.53. The van der Waals surface area contributed by atoms with Crippen molar-refractivity contribution in [1.82, 2.24) is 0 Å². The average molecular weight is 263 g/mol. The fourth-order valence-corrected chi connectivity index (χ4v) is 1.44. The van der Waals surface area contributed by atoms with E-state index in [2.05, 4.69) is 5.28 Å². The van der Waals surface area contributed by atoms with E-state index in [-0.39, 0.29) is 10.7 Å². The summed E-state index contributed by atoms with van der Waals surface area (Å²) in [4.78, 5) is 10.8. The van der Waals surface area contributed by atoms with Crippen molar-refractivity contribution in [3.05, 3.63) is 40.2 Å². The second-order valence-electron chi connectivity index (χ2n) is 4.17. The summed E-state index contributed by atoms with van der Waals surface area (Å²) in [6.07, 6.45) is 0. The summed E-state index contributed by atoms with van der Waals surface area (Å²) in [5, 5.41) is 42.5. The van der Waals surface area contributed by atoms with Crippen LogP contribution < -0.4 is 5.01 Å². The van der Waals surface area contributed by atoms with E-state index in [1.54, 1.807) is 0 Å². The summed E-state index contributed by atoms with van der Waals surface area (Å²) in [6.45, 7) is 2.51. The minimum Gasteiger partial charge on any atom is -0.737 e. The number of nitrogens with zero attached hydrogens (tertiary/aromatic N) is 4. The lowest BCUT2D eigenvalue weighted by molar-refractivity contribution is -0.547. The first kappa shape index (κ1) is 14.2. The third kappa shape index (κ3) is 2.71. The van der Waals surface area contributed by atoms with Crippen molar-refractivity contribution in [1.29, 1.82) is 5.26 Å². The molecular formula is C11H11N4O4-. The fraction of sp³-hybridized carbons (Fsp3) is 0.273. The maximum absolute atomic E-state index is 11.5. The van der Waals surface area contributed by atoms with Crippen LogP contribution in [0.5, 0.6) is 0 Å². The first-order chi connectivity index (χ1) is 8.84. The Balaban J connectivity index is 3.33. The van der Waals surface area contributed by atoms with E-state index in [9.17, 15) is 15.2 Å². The molecule has 0 atom stereocenters. The van der Waals surface area contributed by atoms with E-state index in [0.29, 0.717) is 10.6 Å². The Labute approximate surface area is 108 Å². The molecule has 1 rings (SSSR count). The van der Waals surface area contributed by atoms with E-state index in [0.717, 1.165) is 0 Å². The first-order valence-electron chi connectivity index (χ1n) is 5.19. The van der Waals surface area contributed by atoms with Gasteiger partial charge in [0.1, 0.15) is 5.69 Å². The molecule has 8 heteroatoms. The molecule has 1 N–H and O–H groups in total. The zero-order chi connectivity index (χ0) is 14.6. The van der Waals surface area contributed by atoms with Crippen molar-refractivity contribution in [3.8, 4) is 6.07 Å². The van der Waals surface area contributed by atoms with Gasteiger partial charge in [-0.3, -0.25) is 0 Å². The predicted octanol–water partition coefficient (Wildman–Crippen LogP) is 1.60. The normalized spacial score (nSPS) is 11.7. The Hall–Kier alpha value is -2.82. The van der Waals surface area contributed by atoms with Crippen molar-refractivity contribution < 1.29 is 14.9 Å². The zero-order valence-electron chi connectivity index (χ0n) is 10.3. The Morgan fingerprint density at radius 1 is 1.47 bits per heavy atom. The van der Waals surface area contributed by atoms with E-state index in [4.69, 9.17) is 10.4 Å². The lowest BCUT2D eigenvalue weighted by Crippen LogP contribution is -2.53. The topological polar surface area (TPSA) is 126 Å². The number of rotatable bonds is 4. The highest BCUT2D eigenvalue weighted by atomic mass is 16.6. The molecule has 0 aliphatic rings. The number of hydrogen-bond donors (Lipinski definition) is 1. The molecule has 0 fully saturated rings. The molecule has 19 heavy (non-hydrogen) atoms. The van der Waals surface area contributed by atoms with Gasteiger partial charge in [0, 0.05) is 4.97 Å². The van der Waals surface area contributed by atoms with Gasteiger partial charge in [-0.05, 0) is 43.4 Å². The van der Waals surface area contributed by atoms with Crippen molar-refractivity contribution in [3.63, 3.8) is 0 Å². The van der Waals surface area contributed by atoms with Crippen LogP contribution in [0.25, 0.3) is 0 Å². The monoisotopic (exact) mass is 263 g/mol. The van der Waals surface area contributed by atoms with Crippen molar-refractivity contribution in [2.75, 3.05) is 5.01 Å². The lowest BCUT2D eigenvalue weighted by Gasteiger charge is -2.30. The molecule has 1 aromatic rings. The molecular weight excluding hydrogens is 252 g/mol. The minimum absolute atomic E-state index is 0.140. The summed E-state index contributed by atoms with van der Waals surface area (Å²) in [5.74, 6) is -1.30. The molecule has 0 aromatic heterocycles. The van der Waals surface area contributed by atoms with Crippen molar-refractivity contribution in [2.24, 2.45) is 5.28 Å². The van der Waals surface area contributed by atoms with Gasteiger partial charge in [-0.2, -0.15) is 5.26 Å². The minimum atomic E-state index is -1.68. The predicted molar refractivity (Wildman–Crippen MR) is 64.8 cm³/mol. The highest BCUT2D eigenvalue weighted by Crippen LogP contribution is 2.25. The Morgan fingerprint density at radius 2 is 2.00 bits per heavy atom. The number of nitriles is 1. The van der Waals surface area contributed by atoms with Gasteiger partial charge in [0.05, 0.1) is 11.6 Å². The summed E-state index contributed by atoms with van der Waals surface area (Å²) >= 11 is 0. The van der Waals surface area contributed by atoms with Crippen LogP contribution in [0.2, 0.25) is 0 Å². The highest BCUT2D eigenvalue weighted by molar-refractivity contribution is 5.81. The largest absolute Gasteiger partial charge is 0.737 e. The van der Waals surface area contributed by atoms with Gasteiger partial charge < -0.3 is 15.5 Å². The molecule has 0 aliphatic carbocycles. The standard InChI is InChI=1S/C11H12N4O4/c1-11(2,10(16)17)14(15(19)13-18)9-5-3-8(7-12)4-6-9/h3-6,18H,1-2H3,(H,16,17)/p-1/b15-13-. The van der Waals surface area contributed by atoms with Crippen LogP contribution in [0, 0.1) is 21.7 Å². The highest BCUT2D eigenvalue weighted by Gasteiger charge is 2.42. The molecule has 0 amide bonds. The number of carboxylic acid groups (broad SMARTS) is 1. The molecule has 1 aromatic carbocycles. The molecule has 0 bridgehead atoms. The van der Waals surface area contributed by atoms with Gasteiger partial charge in [-0.1, -0.05) is 0 Å². The summed E-state index contributed by atoms with van der Waals surface area (Å²) in [5.41, 5.74) is -1.20. The molecule has 100 valence electrons. The van der Waals surface area contributed by atoms with Crippen LogP contribution in [-0.2, 0) is 4.79 Å². The summed E-state index contributed by atoms with van der Waals surface area (Å²) < 4.78 is 0. The van der Waals surface area contributed by atoms with Gasteiger partial charge in [0.2, 0.25) is 0 Å². The maximum atomic E-state index is 11.5. The second kappa shape index (κ2) is 5.22. The van der Waals surface area contributed by atoms with Crippen LogP contribution in [-0.4, -0.2) is 21.6 Å². The van der Waals surface area contributed by atoms with Gasteiger partial charge >= 0.3 is 5.97 Å². The lowest BCUT2D eigenvalue weighted by atomic mass is 10.0. The number of benzene rings is 1. The Morgan fingerprint density at radius 3 is 2.37 bits per heavy atom. The van der Waals surface area contributed by atoms with E-state index >= 15 is 0 Å². The molecule has 0 radical (unpaired) electrons. The molecule has 0 saturated heterocycles. The number of hydrogen-bond acceptors (Lipinski definition) is 5. The number of carbonyl (C=O) groups is 1. The SMILES string of the molecule is CC(C)(C(=O)O)N(c1ccc(C#N)cc1)/[N+]([O-])=N/[O-]. The number of hydrazine groups is 1. The Kier molecular flexibility index (Phi) is 3.91. The second-order valence-corrected chi connectivity index (χ2v) is 4.17. The van der Waals surface area contributed by atoms with Crippen LogP contribution in [0.3, 0.4) is 0 Å². The number of anilines is 1. The van der Waals surface area contributed by atoms with Crippen LogP contribution in [0.15, 0.2) is 29.5 Å². The van der Waals surface area contributed by atoms with Crippen molar-refractivity contribution in [2.45, 2.75) is 19.4 Å². The fourth-order valence-electron chi connectivity index (χ4n) is 1.44. The maximum Gasteiger partial charge on any atom is 0.335 e. The van der Waals surface area contributed by atoms with Gasteiger partial charge in [-0.25, -0.2) is 4.79 Å². The molecule has 0 spiro atoms. The summed E-state index contributed by atoms with van der Waals surface area (Å²) in [6, 6.07) is 7.41. The van der Waals surface area contributed by atoms with Gasteiger partial charge in [-0.15, -0.1) is 5.01 Å². The van der Waals surface area contributed by atoms with Crippen LogP contribution in [0.4, 0.5) is 5.69 Å². The average Bonchev–Trinajstić information content (AvgIpc) is 2.39. The molecule has 0 unspecified atom stereocenters. The molecule has 8 nitrogen and oxygen atoms in total. The third-order valence-corrected chi connectivity index (χ3v) is 2.53.